The van der Waals surface area contributed by atoms with Gasteiger partial charge < -0.3 is 5.32 Å². The molecule has 0 bridgehead atoms. The van der Waals surface area contributed by atoms with E-state index in [1.165, 1.54) is 44.3 Å². The first-order chi connectivity index (χ1) is 8.42. The molecule has 1 atom stereocenters. The minimum atomic E-state index is 0.645. The highest BCUT2D eigenvalue weighted by Crippen LogP contribution is 2.25. The van der Waals surface area contributed by atoms with Gasteiger partial charge in [-0.05, 0) is 24.8 Å². The van der Waals surface area contributed by atoms with Gasteiger partial charge in [-0.1, -0.05) is 36.8 Å². The highest BCUT2D eigenvalue weighted by molar-refractivity contribution is 5.16. The highest BCUT2D eigenvalue weighted by atomic mass is 15.2. The van der Waals surface area contributed by atoms with Gasteiger partial charge in [-0.2, -0.15) is 0 Å². The lowest BCUT2D eigenvalue weighted by Gasteiger charge is -2.43. The zero-order chi connectivity index (χ0) is 11.5. The summed E-state index contributed by atoms with van der Waals surface area (Å²) in [7, 11) is 0. The van der Waals surface area contributed by atoms with Crippen LogP contribution in [0.5, 0.6) is 0 Å². The average molecular weight is 230 g/mol. The maximum Gasteiger partial charge on any atom is 0.0236 e. The molecule has 0 spiro atoms. The average Bonchev–Trinajstić information content (AvgIpc) is 2.28. The van der Waals surface area contributed by atoms with E-state index >= 15 is 0 Å². The zero-order valence-corrected chi connectivity index (χ0v) is 10.4. The van der Waals surface area contributed by atoms with E-state index in [2.05, 4.69) is 40.5 Å². The van der Waals surface area contributed by atoms with Crippen LogP contribution in [0.3, 0.4) is 0 Å². The van der Waals surface area contributed by atoms with Crippen molar-refractivity contribution >= 4 is 0 Å². The summed E-state index contributed by atoms with van der Waals surface area (Å²) in [6, 6.07) is 12.4. The van der Waals surface area contributed by atoms with Crippen LogP contribution in [0.2, 0.25) is 0 Å². The van der Waals surface area contributed by atoms with Gasteiger partial charge in [-0.15, -0.1) is 0 Å². The molecule has 0 aromatic heterocycles. The van der Waals surface area contributed by atoms with Crippen LogP contribution < -0.4 is 5.32 Å². The molecule has 2 fully saturated rings. The van der Waals surface area contributed by atoms with Gasteiger partial charge in [0.05, 0.1) is 0 Å². The number of hydrogen-bond donors (Lipinski definition) is 1. The van der Waals surface area contributed by atoms with Crippen molar-refractivity contribution in [1.29, 1.82) is 0 Å². The second-order valence-electron chi connectivity index (χ2n) is 5.42. The molecule has 1 saturated heterocycles. The summed E-state index contributed by atoms with van der Waals surface area (Å²) < 4.78 is 0. The number of nitrogens with zero attached hydrogens (tertiary/aromatic N) is 1. The lowest BCUT2D eigenvalue weighted by Crippen LogP contribution is -2.56. The largest absolute Gasteiger partial charge is 0.311 e. The Labute approximate surface area is 104 Å². The fourth-order valence-corrected chi connectivity index (χ4v) is 2.97. The first-order valence-corrected chi connectivity index (χ1v) is 6.93. The van der Waals surface area contributed by atoms with Gasteiger partial charge in [0.25, 0.3) is 0 Å². The molecule has 1 heterocycles. The SMILES string of the molecule is c1ccc(CC2CN(C3CCC3)CCN2)cc1. The highest BCUT2D eigenvalue weighted by Gasteiger charge is 2.28. The van der Waals surface area contributed by atoms with Gasteiger partial charge in [-0.25, -0.2) is 0 Å². The van der Waals surface area contributed by atoms with E-state index < -0.39 is 0 Å². The minimum Gasteiger partial charge on any atom is -0.311 e. The van der Waals surface area contributed by atoms with Crippen molar-refractivity contribution < 1.29 is 0 Å². The lowest BCUT2D eigenvalue weighted by molar-refractivity contribution is 0.0919. The Morgan fingerprint density at radius 3 is 2.71 bits per heavy atom. The van der Waals surface area contributed by atoms with Crippen molar-refractivity contribution in [2.24, 2.45) is 0 Å². The quantitative estimate of drug-likeness (QED) is 0.855. The molecule has 1 aliphatic heterocycles. The molecule has 3 rings (SSSR count). The van der Waals surface area contributed by atoms with Gasteiger partial charge in [0, 0.05) is 31.7 Å². The van der Waals surface area contributed by atoms with E-state index in [0.29, 0.717) is 6.04 Å². The number of nitrogens with one attached hydrogen (secondary N) is 1. The van der Waals surface area contributed by atoms with Crippen LogP contribution in [0.1, 0.15) is 24.8 Å². The van der Waals surface area contributed by atoms with Crippen LogP contribution in [0.25, 0.3) is 0 Å². The van der Waals surface area contributed by atoms with E-state index in [-0.39, 0.29) is 0 Å². The van der Waals surface area contributed by atoms with Gasteiger partial charge in [0.2, 0.25) is 0 Å². The second kappa shape index (κ2) is 5.19. The maximum atomic E-state index is 3.66. The molecule has 1 aromatic carbocycles. The van der Waals surface area contributed by atoms with Gasteiger partial charge >= 0.3 is 0 Å². The third-order valence-corrected chi connectivity index (χ3v) is 4.20. The lowest BCUT2D eigenvalue weighted by atomic mass is 9.90. The maximum absolute atomic E-state index is 3.66. The van der Waals surface area contributed by atoms with Crippen LogP contribution >= 0.6 is 0 Å². The number of benzene rings is 1. The zero-order valence-electron chi connectivity index (χ0n) is 10.4. The summed E-state index contributed by atoms with van der Waals surface area (Å²) in [5.74, 6) is 0. The topological polar surface area (TPSA) is 15.3 Å². The third-order valence-electron chi connectivity index (χ3n) is 4.20. The normalized spacial score (nSPS) is 26.7. The predicted octanol–water partition coefficient (Wildman–Crippen LogP) is 2.06. The van der Waals surface area contributed by atoms with Crippen molar-refractivity contribution in [2.75, 3.05) is 19.6 Å². The Morgan fingerprint density at radius 1 is 1.18 bits per heavy atom. The number of piperazine rings is 1. The molecule has 2 nitrogen and oxygen atoms in total. The van der Waals surface area contributed by atoms with Crippen molar-refractivity contribution in [3.05, 3.63) is 35.9 Å². The Kier molecular flexibility index (Phi) is 3.44. The molecular formula is C15H22N2. The summed E-state index contributed by atoms with van der Waals surface area (Å²) in [6.45, 7) is 3.64. The van der Waals surface area contributed by atoms with Crippen molar-refractivity contribution in [3.8, 4) is 0 Å². The summed E-state index contributed by atoms with van der Waals surface area (Å²) in [6.07, 6.45) is 5.47. The van der Waals surface area contributed by atoms with E-state index in [4.69, 9.17) is 0 Å². The van der Waals surface area contributed by atoms with Gasteiger partial charge in [0.15, 0.2) is 0 Å². The van der Waals surface area contributed by atoms with E-state index in [0.717, 1.165) is 12.6 Å². The molecule has 0 amide bonds. The second-order valence-corrected chi connectivity index (χ2v) is 5.42. The molecule has 1 unspecified atom stereocenters. The van der Waals surface area contributed by atoms with Gasteiger partial charge in [0.1, 0.15) is 0 Å². The number of hydrogen-bond acceptors (Lipinski definition) is 2. The van der Waals surface area contributed by atoms with Crippen molar-refractivity contribution in [1.82, 2.24) is 10.2 Å². The Morgan fingerprint density at radius 2 is 2.00 bits per heavy atom. The van der Waals surface area contributed by atoms with E-state index in [1.807, 2.05) is 0 Å². The molecule has 2 aliphatic rings. The van der Waals surface area contributed by atoms with Crippen LogP contribution in [0.4, 0.5) is 0 Å². The van der Waals surface area contributed by atoms with Gasteiger partial charge in [-0.3, -0.25) is 4.90 Å². The molecule has 1 aromatic rings. The molecule has 1 aliphatic carbocycles. The van der Waals surface area contributed by atoms with E-state index in [9.17, 15) is 0 Å². The summed E-state index contributed by atoms with van der Waals surface area (Å²) >= 11 is 0. The minimum absolute atomic E-state index is 0.645. The molecule has 92 valence electrons. The van der Waals surface area contributed by atoms with Crippen LogP contribution in [-0.4, -0.2) is 36.6 Å². The van der Waals surface area contributed by atoms with Crippen molar-refractivity contribution in [2.45, 2.75) is 37.8 Å². The molecular weight excluding hydrogens is 208 g/mol. The standard InChI is InChI=1S/C15H22N2/c1-2-5-13(6-3-1)11-14-12-17(10-9-16-14)15-7-4-8-15/h1-3,5-6,14-16H,4,7-12H2. The van der Waals surface area contributed by atoms with Crippen molar-refractivity contribution in [3.63, 3.8) is 0 Å². The molecule has 1 N–H and O–H groups in total. The molecule has 2 heteroatoms. The van der Waals surface area contributed by atoms with Crippen LogP contribution in [0, 0.1) is 0 Å². The van der Waals surface area contributed by atoms with Crippen LogP contribution in [0.15, 0.2) is 30.3 Å². The first-order valence-electron chi connectivity index (χ1n) is 6.93. The van der Waals surface area contributed by atoms with E-state index in [1.54, 1.807) is 0 Å². The molecule has 17 heavy (non-hydrogen) atoms. The first kappa shape index (κ1) is 11.2. The molecule has 0 radical (unpaired) electrons. The fraction of sp³-hybridized carbons (Fsp3) is 0.600. The third kappa shape index (κ3) is 2.70. The predicted molar refractivity (Wildman–Crippen MR) is 71.1 cm³/mol. The summed E-state index contributed by atoms with van der Waals surface area (Å²) in [4.78, 5) is 2.70. The Balaban J connectivity index is 1.56. The fourth-order valence-electron chi connectivity index (χ4n) is 2.97. The molecule has 1 saturated carbocycles. The Hall–Kier alpha value is -0.860. The number of rotatable bonds is 3. The van der Waals surface area contributed by atoms with Crippen LogP contribution in [-0.2, 0) is 6.42 Å². The smallest absolute Gasteiger partial charge is 0.0236 e. The Bertz CT molecular complexity index is 345. The summed E-state index contributed by atoms with van der Waals surface area (Å²) in [5, 5.41) is 3.66. The summed E-state index contributed by atoms with van der Waals surface area (Å²) in [5.41, 5.74) is 1.46. The monoisotopic (exact) mass is 230 g/mol.